The van der Waals surface area contributed by atoms with E-state index in [9.17, 15) is 13.2 Å². The third kappa shape index (κ3) is 3.05. The maximum Gasteiger partial charge on any atom is 0.321 e. The van der Waals surface area contributed by atoms with Gasteiger partial charge < -0.3 is 14.6 Å². The van der Waals surface area contributed by atoms with Gasteiger partial charge in [-0.3, -0.25) is 4.79 Å². The highest BCUT2D eigenvalue weighted by atomic mass is 79.9. The zero-order chi connectivity index (χ0) is 14.9. The summed E-state index contributed by atoms with van der Waals surface area (Å²) in [4.78, 5) is 10.6. The van der Waals surface area contributed by atoms with E-state index in [-0.39, 0.29) is 9.37 Å². The number of aliphatic carboxylic acids is 1. The van der Waals surface area contributed by atoms with Crippen molar-refractivity contribution in [3.63, 3.8) is 0 Å². The quantitative estimate of drug-likeness (QED) is 0.824. The van der Waals surface area contributed by atoms with Crippen molar-refractivity contribution in [1.29, 1.82) is 0 Å². The zero-order valence-corrected chi connectivity index (χ0v) is 12.8. The minimum absolute atomic E-state index is 0.102. The maximum atomic E-state index is 12.2. The molecule has 1 aromatic rings. The van der Waals surface area contributed by atoms with Gasteiger partial charge in [0.15, 0.2) is 11.5 Å². The van der Waals surface area contributed by atoms with Gasteiger partial charge in [-0.1, -0.05) is 0 Å². The highest BCUT2D eigenvalue weighted by Gasteiger charge is 2.26. The lowest BCUT2D eigenvalue weighted by Gasteiger charge is -2.20. The lowest BCUT2D eigenvalue weighted by atomic mass is 10.3. The predicted octanol–water partition coefficient (Wildman–Crippen LogP) is 0.972. The molecule has 7 nitrogen and oxygen atoms in total. The van der Waals surface area contributed by atoms with E-state index in [0.29, 0.717) is 24.7 Å². The lowest BCUT2D eigenvalue weighted by Crippen LogP contribution is -2.38. The van der Waals surface area contributed by atoms with E-state index in [2.05, 4.69) is 20.7 Å². The lowest BCUT2D eigenvalue weighted by molar-refractivity contribution is -0.138. The second kappa shape index (κ2) is 5.58. The fourth-order valence-corrected chi connectivity index (χ4v) is 3.83. The average Bonchev–Trinajstić information content (AvgIpc) is 2.37. The van der Waals surface area contributed by atoms with E-state index in [1.807, 2.05) is 0 Å². The first-order valence-corrected chi connectivity index (χ1v) is 7.93. The Hall–Kier alpha value is -1.32. The molecule has 1 aliphatic heterocycles. The highest BCUT2D eigenvalue weighted by molar-refractivity contribution is 9.10. The van der Waals surface area contributed by atoms with Crippen LogP contribution in [0, 0.1) is 0 Å². The molecule has 20 heavy (non-hydrogen) atoms. The Morgan fingerprint density at radius 2 is 1.90 bits per heavy atom. The van der Waals surface area contributed by atoms with Crippen LogP contribution in [0.15, 0.2) is 21.5 Å². The Labute approximate surface area is 124 Å². The van der Waals surface area contributed by atoms with Crippen LogP contribution >= 0.6 is 15.9 Å². The van der Waals surface area contributed by atoms with E-state index in [1.54, 1.807) is 0 Å². The summed E-state index contributed by atoms with van der Waals surface area (Å²) in [5, 5.41) is 8.77. The third-order valence-corrected chi connectivity index (χ3v) is 5.09. The van der Waals surface area contributed by atoms with Crippen LogP contribution in [0.5, 0.6) is 11.5 Å². The molecule has 1 aromatic carbocycles. The second-order valence-electron chi connectivity index (χ2n) is 4.11. The van der Waals surface area contributed by atoms with Gasteiger partial charge in [-0.25, -0.2) is 8.42 Å². The number of sulfonamides is 1. The molecule has 0 fully saturated rings. The molecule has 110 valence electrons. The largest absolute Gasteiger partial charge is 0.486 e. The summed E-state index contributed by atoms with van der Waals surface area (Å²) in [5.74, 6) is -0.515. The molecule has 0 aromatic heterocycles. The molecule has 9 heteroatoms. The van der Waals surface area contributed by atoms with Crippen molar-refractivity contribution in [3.05, 3.63) is 16.6 Å². The molecule has 1 heterocycles. The monoisotopic (exact) mass is 365 g/mol. The van der Waals surface area contributed by atoms with Crippen LogP contribution in [0.25, 0.3) is 0 Å². The van der Waals surface area contributed by atoms with Crippen LogP contribution in [0.2, 0.25) is 0 Å². The number of nitrogens with one attached hydrogen (secondary N) is 1. The highest BCUT2D eigenvalue weighted by Crippen LogP contribution is 2.37. The smallest absolute Gasteiger partial charge is 0.321 e. The number of carboxylic acids is 1. The summed E-state index contributed by atoms with van der Waals surface area (Å²) in [6.45, 7) is 1.96. The van der Waals surface area contributed by atoms with E-state index in [1.165, 1.54) is 19.1 Å². The summed E-state index contributed by atoms with van der Waals surface area (Å²) in [7, 11) is -3.98. The molecule has 0 saturated heterocycles. The first kappa shape index (κ1) is 15.1. The van der Waals surface area contributed by atoms with Crippen LogP contribution in [-0.2, 0) is 14.8 Å². The molecule has 2 rings (SSSR count). The molecular weight excluding hydrogens is 354 g/mol. The number of halogens is 1. The van der Waals surface area contributed by atoms with E-state index in [0.717, 1.165) is 0 Å². The number of rotatable bonds is 4. The van der Waals surface area contributed by atoms with Gasteiger partial charge in [0.2, 0.25) is 10.0 Å². The molecule has 1 atom stereocenters. The fourth-order valence-electron chi connectivity index (χ4n) is 1.60. The Bertz CT molecular complexity index is 645. The number of hydrogen-bond acceptors (Lipinski definition) is 5. The van der Waals surface area contributed by atoms with Crippen LogP contribution < -0.4 is 14.2 Å². The normalized spacial score (nSPS) is 15.7. The van der Waals surface area contributed by atoms with E-state index in [4.69, 9.17) is 14.6 Å². The summed E-state index contributed by atoms with van der Waals surface area (Å²) < 4.78 is 37.3. The van der Waals surface area contributed by atoms with Crippen molar-refractivity contribution in [2.75, 3.05) is 13.2 Å². The van der Waals surface area contributed by atoms with Crippen LogP contribution in [0.4, 0.5) is 0 Å². The van der Waals surface area contributed by atoms with Crippen LogP contribution in [0.3, 0.4) is 0 Å². The molecule has 2 N–H and O–H groups in total. The van der Waals surface area contributed by atoms with Gasteiger partial charge in [0.05, 0.1) is 0 Å². The Balaban J connectivity index is 2.39. The molecule has 0 amide bonds. The van der Waals surface area contributed by atoms with Gasteiger partial charge in [0.1, 0.15) is 24.2 Å². The standard InChI is InChI=1S/C11H12BrNO6S/c1-6(11(14)15)13-20(16,17)10-5-9-8(4-7(10)12)18-2-3-19-9/h4-6,13H,2-3H2,1H3,(H,14,15)/t6-/m0/s1. The number of carboxylic acid groups (broad SMARTS) is 1. The minimum Gasteiger partial charge on any atom is -0.486 e. The van der Waals surface area contributed by atoms with Crippen LogP contribution in [0.1, 0.15) is 6.92 Å². The Kier molecular flexibility index (Phi) is 4.21. The maximum absolute atomic E-state index is 12.2. The fraction of sp³-hybridized carbons (Fsp3) is 0.364. The van der Waals surface area contributed by atoms with Gasteiger partial charge in [0.25, 0.3) is 0 Å². The minimum atomic E-state index is -3.98. The van der Waals surface area contributed by atoms with Crippen molar-refractivity contribution in [2.45, 2.75) is 17.9 Å². The van der Waals surface area contributed by atoms with E-state index < -0.39 is 22.0 Å². The first-order chi connectivity index (χ1) is 9.31. The Morgan fingerprint density at radius 1 is 1.35 bits per heavy atom. The van der Waals surface area contributed by atoms with Crippen molar-refractivity contribution < 1.29 is 27.8 Å². The van der Waals surface area contributed by atoms with Crippen molar-refractivity contribution in [1.82, 2.24) is 4.72 Å². The van der Waals surface area contributed by atoms with Crippen molar-refractivity contribution >= 4 is 31.9 Å². The number of carbonyl (C=O) groups is 1. The van der Waals surface area contributed by atoms with Gasteiger partial charge in [0, 0.05) is 10.5 Å². The Morgan fingerprint density at radius 3 is 2.45 bits per heavy atom. The molecule has 0 radical (unpaired) electrons. The summed E-state index contributed by atoms with van der Waals surface area (Å²) in [5.41, 5.74) is 0. The average molecular weight is 366 g/mol. The molecule has 0 aliphatic carbocycles. The second-order valence-corrected chi connectivity index (χ2v) is 6.64. The third-order valence-electron chi connectivity index (χ3n) is 2.59. The SMILES string of the molecule is C[C@H](NS(=O)(=O)c1cc2c(cc1Br)OCCO2)C(=O)O. The van der Waals surface area contributed by atoms with Gasteiger partial charge in [-0.05, 0) is 28.9 Å². The number of ether oxygens (including phenoxy) is 2. The van der Waals surface area contributed by atoms with Crippen molar-refractivity contribution in [2.24, 2.45) is 0 Å². The zero-order valence-electron chi connectivity index (χ0n) is 10.4. The summed E-state index contributed by atoms with van der Waals surface area (Å²) >= 11 is 3.14. The molecular formula is C11H12BrNO6S. The molecule has 0 spiro atoms. The van der Waals surface area contributed by atoms with E-state index >= 15 is 0 Å². The summed E-state index contributed by atoms with van der Waals surface area (Å²) in [6.07, 6.45) is 0. The summed E-state index contributed by atoms with van der Waals surface area (Å²) in [6, 6.07) is 1.55. The molecule has 0 saturated carbocycles. The first-order valence-electron chi connectivity index (χ1n) is 5.65. The van der Waals surface area contributed by atoms with Gasteiger partial charge in [-0.2, -0.15) is 4.72 Å². The predicted molar refractivity (Wildman–Crippen MR) is 72.6 cm³/mol. The molecule has 0 bridgehead atoms. The van der Waals surface area contributed by atoms with Crippen LogP contribution in [-0.4, -0.2) is 38.7 Å². The number of benzene rings is 1. The van der Waals surface area contributed by atoms with Crippen molar-refractivity contribution in [3.8, 4) is 11.5 Å². The number of fused-ring (bicyclic) bond motifs is 1. The van der Waals surface area contributed by atoms with Gasteiger partial charge in [-0.15, -0.1) is 0 Å². The topological polar surface area (TPSA) is 102 Å². The molecule has 0 unspecified atom stereocenters. The molecule has 1 aliphatic rings. The van der Waals surface area contributed by atoms with Gasteiger partial charge >= 0.3 is 5.97 Å². The number of hydrogen-bond donors (Lipinski definition) is 2.